The maximum Gasteiger partial charge on any atom is 0.343 e. The van der Waals surface area contributed by atoms with Gasteiger partial charge in [-0.15, -0.1) is 0 Å². The van der Waals surface area contributed by atoms with Crippen molar-refractivity contribution in [3.05, 3.63) is 77.4 Å². The van der Waals surface area contributed by atoms with Gasteiger partial charge in [-0.1, -0.05) is 89.8 Å². The van der Waals surface area contributed by atoms with E-state index in [1.807, 2.05) is 18.5 Å². The van der Waals surface area contributed by atoms with Crippen LogP contribution in [0.2, 0.25) is 0 Å². The molecule has 1 aromatic heterocycles. The van der Waals surface area contributed by atoms with Crippen LogP contribution in [0.5, 0.6) is 5.75 Å². The number of esters is 1. The summed E-state index contributed by atoms with van der Waals surface area (Å²) in [6.45, 7) is 4.42. The maximum absolute atomic E-state index is 14.5. The van der Waals surface area contributed by atoms with Crippen molar-refractivity contribution in [3.8, 4) is 17.1 Å². The lowest BCUT2D eigenvalue weighted by Crippen LogP contribution is -2.09. The molecule has 0 amide bonds. The Morgan fingerprint density at radius 1 is 0.730 bits per heavy atom. The second-order valence-electron chi connectivity index (χ2n) is 9.83. The summed E-state index contributed by atoms with van der Waals surface area (Å²) in [4.78, 5) is 21.6. The van der Waals surface area contributed by atoms with Crippen LogP contribution in [0, 0.1) is 5.82 Å². The smallest absolute Gasteiger partial charge is 0.343 e. The molecule has 3 aromatic rings. The molecule has 0 spiro atoms. The molecule has 2 aromatic carbocycles. The van der Waals surface area contributed by atoms with Gasteiger partial charge in [0.1, 0.15) is 0 Å². The first-order valence-corrected chi connectivity index (χ1v) is 14.0. The minimum Gasteiger partial charge on any atom is -0.420 e. The molecule has 0 saturated heterocycles. The number of aryl methyl sites for hydroxylation is 2. The first-order chi connectivity index (χ1) is 18.1. The quantitative estimate of drug-likeness (QED) is 0.111. The van der Waals surface area contributed by atoms with Gasteiger partial charge < -0.3 is 4.74 Å². The van der Waals surface area contributed by atoms with Gasteiger partial charge in [-0.05, 0) is 61.1 Å². The topological polar surface area (TPSA) is 52.1 Å². The molecule has 0 aliphatic rings. The fraction of sp³-hybridized carbons (Fsp3) is 0.469. The van der Waals surface area contributed by atoms with Crippen LogP contribution in [-0.4, -0.2) is 15.9 Å². The summed E-state index contributed by atoms with van der Waals surface area (Å²) in [5.41, 5.74) is 3.24. The van der Waals surface area contributed by atoms with Gasteiger partial charge in [0, 0.05) is 18.0 Å². The molecule has 1 heterocycles. The van der Waals surface area contributed by atoms with Crippen molar-refractivity contribution in [2.45, 2.75) is 97.3 Å². The van der Waals surface area contributed by atoms with E-state index in [2.05, 4.69) is 23.8 Å². The Balaban J connectivity index is 1.49. The van der Waals surface area contributed by atoms with E-state index in [-0.39, 0.29) is 5.75 Å². The highest BCUT2D eigenvalue weighted by molar-refractivity contribution is 5.91. The molecule has 0 saturated carbocycles. The van der Waals surface area contributed by atoms with E-state index in [4.69, 9.17) is 4.74 Å². The zero-order valence-corrected chi connectivity index (χ0v) is 22.5. The summed E-state index contributed by atoms with van der Waals surface area (Å²) in [7, 11) is 0. The van der Waals surface area contributed by atoms with Crippen molar-refractivity contribution in [2.75, 3.05) is 0 Å². The molecule has 5 heteroatoms. The van der Waals surface area contributed by atoms with Gasteiger partial charge in [0.15, 0.2) is 17.4 Å². The number of carbonyl (C=O) groups is 1. The van der Waals surface area contributed by atoms with Crippen molar-refractivity contribution in [3.63, 3.8) is 0 Å². The average molecular weight is 505 g/mol. The number of aromatic nitrogens is 2. The number of hydrogen-bond donors (Lipinski definition) is 0. The van der Waals surface area contributed by atoms with Crippen LogP contribution < -0.4 is 4.74 Å². The monoisotopic (exact) mass is 504 g/mol. The lowest BCUT2D eigenvalue weighted by molar-refractivity contribution is 0.0728. The Labute approximate surface area is 221 Å². The third-order valence-electron chi connectivity index (χ3n) is 6.67. The predicted molar refractivity (Wildman–Crippen MR) is 148 cm³/mol. The highest BCUT2D eigenvalue weighted by atomic mass is 19.1. The molecule has 0 bridgehead atoms. The van der Waals surface area contributed by atoms with Crippen molar-refractivity contribution in [1.29, 1.82) is 0 Å². The molecule has 3 rings (SSSR count). The number of nitrogens with zero attached hydrogens (tertiary/aromatic N) is 2. The Hall–Kier alpha value is -3.08. The molecule has 0 fully saturated rings. The number of hydrogen-bond acceptors (Lipinski definition) is 4. The van der Waals surface area contributed by atoms with E-state index < -0.39 is 11.8 Å². The summed E-state index contributed by atoms with van der Waals surface area (Å²) in [5, 5.41) is 0. The number of halogens is 1. The van der Waals surface area contributed by atoms with Crippen LogP contribution in [0.4, 0.5) is 4.39 Å². The Morgan fingerprint density at radius 2 is 1.30 bits per heavy atom. The van der Waals surface area contributed by atoms with Crippen LogP contribution in [-0.2, 0) is 12.8 Å². The number of carbonyl (C=O) groups excluding carboxylic acids is 1. The zero-order chi connectivity index (χ0) is 26.3. The standard InChI is InChI=1S/C32H41FN2O2/c1-3-5-7-9-11-13-15-26-23-34-31(35-24-26)27-17-19-28(20-18-27)32(36)37-30-21-16-25(22-29(30)33)14-12-10-8-6-4-2/h16-24H,3-15H2,1-2H3. The van der Waals surface area contributed by atoms with Gasteiger partial charge in [0.2, 0.25) is 0 Å². The molecule has 4 nitrogen and oxygen atoms in total. The average Bonchev–Trinajstić information content (AvgIpc) is 2.92. The first-order valence-electron chi connectivity index (χ1n) is 14.0. The van der Waals surface area contributed by atoms with Crippen LogP contribution >= 0.6 is 0 Å². The lowest BCUT2D eigenvalue weighted by atomic mass is 10.1. The van der Waals surface area contributed by atoms with Crippen molar-refractivity contribution in [2.24, 2.45) is 0 Å². The van der Waals surface area contributed by atoms with Gasteiger partial charge in [-0.25, -0.2) is 19.2 Å². The first kappa shape index (κ1) is 28.5. The number of unbranched alkanes of at least 4 members (excludes halogenated alkanes) is 9. The fourth-order valence-corrected chi connectivity index (χ4v) is 4.37. The van der Waals surface area contributed by atoms with Crippen molar-refractivity contribution in [1.82, 2.24) is 9.97 Å². The van der Waals surface area contributed by atoms with E-state index >= 15 is 0 Å². The third-order valence-corrected chi connectivity index (χ3v) is 6.67. The Bertz CT molecular complexity index is 1080. The van der Waals surface area contributed by atoms with Crippen LogP contribution in [0.1, 0.15) is 106 Å². The minimum atomic E-state index is -0.590. The summed E-state index contributed by atoms with van der Waals surface area (Å²) < 4.78 is 19.9. The second-order valence-corrected chi connectivity index (χ2v) is 9.83. The molecule has 0 aliphatic heterocycles. The highest BCUT2D eigenvalue weighted by Gasteiger charge is 2.13. The molecule has 0 N–H and O–H groups in total. The Morgan fingerprint density at radius 3 is 1.89 bits per heavy atom. The van der Waals surface area contributed by atoms with E-state index in [0.29, 0.717) is 11.4 Å². The summed E-state index contributed by atoms with van der Waals surface area (Å²) >= 11 is 0. The SMILES string of the molecule is CCCCCCCCc1cnc(-c2ccc(C(=O)Oc3ccc(CCCCCCC)cc3F)cc2)nc1. The van der Waals surface area contributed by atoms with Gasteiger partial charge in [0.05, 0.1) is 5.56 Å². The summed E-state index contributed by atoms with van der Waals surface area (Å²) in [6.07, 6.45) is 19.0. The van der Waals surface area contributed by atoms with Gasteiger partial charge >= 0.3 is 5.97 Å². The second kappa shape index (κ2) is 15.9. The van der Waals surface area contributed by atoms with Crippen LogP contribution in [0.25, 0.3) is 11.4 Å². The number of rotatable bonds is 16. The van der Waals surface area contributed by atoms with E-state index in [9.17, 15) is 9.18 Å². The zero-order valence-electron chi connectivity index (χ0n) is 22.5. The molecule has 0 atom stereocenters. The lowest BCUT2D eigenvalue weighted by Gasteiger charge is -2.08. The minimum absolute atomic E-state index is 0.0481. The van der Waals surface area contributed by atoms with Crippen LogP contribution in [0.3, 0.4) is 0 Å². The normalized spacial score (nSPS) is 11.0. The molecule has 0 radical (unpaired) electrons. The molecule has 0 unspecified atom stereocenters. The maximum atomic E-state index is 14.5. The molecular formula is C32H41FN2O2. The predicted octanol–water partition coefficient (Wildman–Crippen LogP) is 8.92. The fourth-order valence-electron chi connectivity index (χ4n) is 4.37. The van der Waals surface area contributed by atoms with Gasteiger partial charge in [-0.3, -0.25) is 0 Å². The van der Waals surface area contributed by atoms with E-state index in [1.165, 1.54) is 57.4 Å². The summed E-state index contributed by atoms with van der Waals surface area (Å²) in [6, 6.07) is 11.8. The van der Waals surface area contributed by atoms with Crippen molar-refractivity contribution >= 4 is 5.97 Å². The van der Waals surface area contributed by atoms with E-state index in [0.717, 1.165) is 48.8 Å². The van der Waals surface area contributed by atoms with Crippen LogP contribution in [0.15, 0.2) is 54.9 Å². The highest BCUT2D eigenvalue weighted by Crippen LogP contribution is 2.22. The number of ether oxygens (including phenoxy) is 1. The molecular weight excluding hydrogens is 463 g/mol. The third kappa shape index (κ3) is 9.71. The van der Waals surface area contributed by atoms with Crippen molar-refractivity contribution < 1.29 is 13.9 Å². The molecule has 0 aliphatic carbocycles. The largest absolute Gasteiger partial charge is 0.420 e. The number of benzene rings is 2. The van der Waals surface area contributed by atoms with E-state index in [1.54, 1.807) is 30.3 Å². The molecule has 37 heavy (non-hydrogen) atoms. The van der Waals surface area contributed by atoms with Gasteiger partial charge in [-0.2, -0.15) is 0 Å². The van der Waals surface area contributed by atoms with Gasteiger partial charge in [0.25, 0.3) is 0 Å². The Kier molecular flexibility index (Phi) is 12.2. The summed E-state index contributed by atoms with van der Waals surface area (Å²) in [5.74, 6) is -0.533. The molecule has 198 valence electrons.